The number of methoxy groups -OCH3 is 1. The van der Waals surface area contributed by atoms with Gasteiger partial charge in [0.1, 0.15) is 11.4 Å². The van der Waals surface area contributed by atoms with Gasteiger partial charge in [-0.25, -0.2) is 9.97 Å². The fourth-order valence-electron chi connectivity index (χ4n) is 4.23. The van der Waals surface area contributed by atoms with E-state index in [1.165, 1.54) is 11.8 Å². The zero-order valence-corrected chi connectivity index (χ0v) is 15.7. The van der Waals surface area contributed by atoms with Gasteiger partial charge in [0.05, 0.1) is 25.0 Å². The van der Waals surface area contributed by atoms with Crippen LogP contribution in [-0.2, 0) is 16.8 Å². The lowest BCUT2D eigenvalue weighted by molar-refractivity contribution is -0.0946. The smallest absolute Gasteiger partial charge is 0.257 e. The van der Waals surface area contributed by atoms with E-state index < -0.39 is 0 Å². The highest BCUT2D eigenvalue weighted by molar-refractivity contribution is 5.95. The number of piperidine rings is 1. The van der Waals surface area contributed by atoms with Crippen LogP contribution in [0.4, 0.5) is 5.95 Å². The maximum Gasteiger partial charge on any atom is 0.257 e. The number of aryl methyl sites for hydroxylation is 1. The van der Waals surface area contributed by atoms with E-state index in [1.807, 2.05) is 17.0 Å². The number of carbonyl (C=O) groups is 1. The SMILES string of the molecule is COc1cccc2c1C1(CCN(C(=O)c3cnc(N)nc3C)CC1)OCC2. The molecular formula is C20H24N4O3. The summed E-state index contributed by atoms with van der Waals surface area (Å²) in [6.45, 7) is 3.70. The van der Waals surface area contributed by atoms with Crippen LogP contribution in [0, 0.1) is 6.92 Å². The van der Waals surface area contributed by atoms with Crippen molar-refractivity contribution in [2.75, 3.05) is 32.5 Å². The molecule has 1 fully saturated rings. The second-order valence-electron chi connectivity index (χ2n) is 7.11. The van der Waals surface area contributed by atoms with Crippen LogP contribution in [0.3, 0.4) is 0 Å². The number of rotatable bonds is 2. The number of ether oxygens (including phenoxy) is 2. The molecule has 1 aromatic carbocycles. The lowest BCUT2D eigenvalue weighted by Crippen LogP contribution is -2.48. The Morgan fingerprint density at radius 3 is 2.81 bits per heavy atom. The third-order valence-electron chi connectivity index (χ3n) is 5.62. The van der Waals surface area contributed by atoms with Crippen LogP contribution in [0.2, 0.25) is 0 Å². The molecule has 2 N–H and O–H groups in total. The van der Waals surface area contributed by atoms with E-state index in [0.29, 0.717) is 31.0 Å². The van der Waals surface area contributed by atoms with Gasteiger partial charge in [0.15, 0.2) is 0 Å². The Balaban J connectivity index is 1.57. The van der Waals surface area contributed by atoms with Gasteiger partial charge in [-0.2, -0.15) is 0 Å². The molecule has 4 rings (SSSR count). The molecule has 1 spiro atoms. The van der Waals surface area contributed by atoms with E-state index in [1.54, 1.807) is 14.0 Å². The van der Waals surface area contributed by atoms with Crippen LogP contribution in [0.15, 0.2) is 24.4 Å². The number of aromatic nitrogens is 2. The molecule has 0 aliphatic carbocycles. The van der Waals surface area contributed by atoms with Crippen LogP contribution in [0.5, 0.6) is 5.75 Å². The molecule has 3 heterocycles. The van der Waals surface area contributed by atoms with E-state index >= 15 is 0 Å². The molecule has 1 amide bonds. The number of nitrogens with zero attached hydrogens (tertiary/aromatic N) is 3. The van der Waals surface area contributed by atoms with Crippen molar-refractivity contribution < 1.29 is 14.3 Å². The monoisotopic (exact) mass is 368 g/mol. The van der Waals surface area contributed by atoms with Crippen LogP contribution in [0.1, 0.15) is 40.0 Å². The van der Waals surface area contributed by atoms with Crippen molar-refractivity contribution in [1.82, 2.24) is 14.9 Å². The van der Waals surface area contributed by atoms with Crippen molar-refractivity contribution in [3.8, 4) is 5.75 Å². The topological polar surface area (TPSA) is 90.6 Å². The Morgan fingerprint density at radius 2 is 2.11 bits per heavy atom. The molecular weight excluding hydrogens is 344 g/mol. The average molecular weight is 368 g/mol. The molecule has 0 saturated carbocycles. The predicted octanol–water partition coefficient (Wildman–Crippen LogP) is 2.08. The third kappa shape index (κ3) is 3.02. The lowest BCUT2D eigenvalue weighted by atomic mass is 9.78. The van der Waals surface area contributed by atoms with Crippen molar-refractivity contribution in [2.24, 2.45) is 0 Å². The van der Waals surface area contributed by atoms with Crippen molar-refractivity contribution >= 4 is 11.9 Å². The Hall–Kier alpha value is -2.67. The van der Waals surface area contributed by atoms with Gasteiger partial charge in [-0.15, -0.1) is 0 Å². The molecule has 0 bridgehead atoms. The summed E-state index contributed by atoms with van der Waals surface area (Å²) in [6, 6.07) is 6.16. The Labute approximate surface area is 158 Å². The summed E-state index contributed by atoms with van der Waals surface area (Å²) in [4.78, 5) is 22.8. The number of likely N-dealkylation sites (tertiary alicyclic amines) is 1. The average Bonchev–Trinajstić information content (AvgIpc) is 2.68. The summed E-state index contributed by atoms with van der Waals surface area (Å²) in [6.07, 6.45) is 3.88. The van der Waals surface area contributed by atoms with Gasteiger partial charge in [0.2, 0.25) is 5.95 Å². The van der Waals surface area contributed by atoms with Crippen molar-refractivity contribution in [3.05, 3.63) is 46.8 Å². The molecule has 2 aromatic rings. The largest absolute Gasteiger partial charge is 0.496 e. The quantitative estimate of drug-likeness (QED) is 0.873. The highest BCUT2D eigenvalue weighted by Gasteiger charge is 2.43. The van der Waals surface area contributed by atoms with Gasteiger partial charge in [0.25, 0.3) is 5.91 Å². The summed E-state index contributed by atoms with van der Waals surface area (Å²) >= 11 is 0. The number of benzene rings is 1. The summed E-state index contributed by atoms with van der Waals surface area (Å²) in [5.74, 6) is 0.995. The zero-order chi connectivity index (χ0) is 19.0. The molecule has 7 heteroatoms. The fraction of sp³-hybridized carbons (Fsp3) is 0.450. The van der Waals surface area contributed by atoms with E-state index in [0.717, 1.165) is 30.6 Å². The maximum atomic E-state index is 12.9. The fourth-order valence-corrected chi connectivity index (χ4v) is 4.23. The van der Waals surface area contributed by atoms with Gasteiger partial charge >= 0.3 is 0 Å². The van der Waals surface area contributed by atoms with Crippen molar-refractivity contribution in [1.29, 1.82) is 0 Å². The maximum absolute atomic E-state index is 12.9. The standard InChI is InChI=1S/C20H24N4O3/c1-13-15(12-22-19(21)23-13)18(25)24-9-7-20(8-10-24)17-14(6-11-27-20)4-3-5-16(17)26-2/h3-5,12H,6-11H2,1-2H3,(H2,21,22,23). The number of fused-ring (bicyclic) bond motifs is 2. The first-order chi connectivity index (χ1) is 13.0. The van der Waals surface area contributed by atoms with Gasteiger partial charge < -0.3 is 20.1 Å². The van der Waals surface area contributed by atoms with E-state index in [4.69, 9.17) is 15.2 Å². The Bertz CT molecular complexity index is 861. The second kappa shape index (κ2) is 6.81. The third-order valence-corrected chi connectivity index (χ3v) is 5.62. The van der Waals surface area contributed by atoms with Crippen molar-refractivity contribution in [2.45, 2.75) is 31.8 Å². The van der Waals surface area contributed by atoms with Crippen LogP contribution in [0.25, 0.3) is 0 Å². The van der Waals surface area contributed by atoms with E-state index in [2.05, 4.69) is 16.0 Å². The summed E-state index contributed by atoms with van der Waals surface area (Å²) in [5, 5.41) is 0. The molecule has 1 aromatic heterocycles. The number of nitrogens with two attached hydrogens (primary N) is 1. The Kier molecular flexibility index (Phi) is 4.47. The lowest BCUT2D eigenvalue weighted by Gasteiger charge is -2.45. The number of hydrogen-bond donors (Lipinski definition) is 1. The predicted molar refractivity (Wildman–Crippen MR) is 101 cm³/mol. The highest BCUT2D eigenvalue weighted by Crippen LogP contribution is 2.45. The van der Waals surface area contributed by atoms with Crippen molar-refractivity contribution in [3.63, 3.8) is 0 Å². The minimum Gasteiger partial charge on any atom is -0.496 e. The minimum absolute atomic E-state index is 0.0570. The molecule has 0 unspecified atom stereocenters. The summed E-state index contributed by atoms with van der Waals surface area (Å²) in [5.41, 5.74) is 8.75. The van der Waals surface area contributed by atoms with Gasteiger partial charge in [-0.3, -0.25) is 4.79 Å². The summed E-state index contributed by atoms with van der Waals surface area (Å²) in [7, 11) is 1.69. The van der Waals surface area contributed by atoms with E-state index in [-0.39, 0.29) is 17.5 Å². The molecule has 2 aliphatic heterocycles. The summed E-state index contributed by atoms with van der Waals surface area (Å²) < 4.78 is 11.9. The van der Waals surface area contributed by atoms with Gasteiger partial charge in [0, 0.05) is 24.8 Å². The van der Waals surface area contributed by atoms with E-state index in [9.17, 15) is 4.79 Å². The van der Waals surface area contributed by atoms with Crippen LogP contribution in [-0.4, -0.2) is 47.6 Å². The van der Waals surface area contributed by atoms with Gasteiger partial charge in [-0.05, 0) is 37.8 Å². The molecule has 1 saturated heterocycles. The molecule has 0 radical (unpaired) electrons. The highest BCUT2D eigenvalue weighted by atomic mass is 16.5. The first kappa shape index (κ1) is 17.7. The first-order valence-corrected chi connectivity index (χ1v) is 9.23. The normalized spacial score (nSPS) is 18.2. The first-order valence-electron chi connectivity index (χ1n) is 9.23. The Morgan fingerprint density at radius 1 is 1.33 bits per heavy atom. The number of nitrogen functional groups attached to an aromatic ring is 1. The molecule has 7 nitrogen and oxygen atoms in total. The minimum atomic E-state index is -0.385. The van der Waals surface area contributed by atoms with Gasteiger partial charge in [-0.1, -0.05) is 12.1 Å². The number of amides is 1. The molecule has 27 heavy (non-hydrogen) atoms. The number of hydrogen-bond acceptors (Lipinski definition) is 6. The van der Waals surface area contributed by atoms with Crippen LogP contribution < -0.4 is 10.5 Å². The molecule has 142 valence electrons. The molecule has 2 aliphatic rings. The number of carbonyl (C=O) groups excluding carboxylic acids is 1. The zero-order valence-electron chi connectivity index (χ0n) is 15.7. The van der Waals surface area contributed by atoms with Crippen LogP contribution >= 0.6 is 0 Å². The molecule has 0 atom stereocenters. The number of anilines is 1. The second-order valence-corrected chi connectivity index (χ2v) is 7.11.